The molecule has 1 saturated heterocycles. The van der Waals surface area contributed by atoms with E-state index in [0.29, 0.717) is 12.5 Å². The second-order valence-corrected chi connectivity index (χ2v) is 4.53. The summed E-state index contributed by atoms with van der Waals surface area (Å²) in [5.74, 6) is 0.712. The number of rotatable bonds is 3. The Morgan fingerprint density at radius 2 is 2.29 bits per heavy atom. The van der Waals surface area contributed by atoms with Crippen LogP contribution in [0.5, 0.6) is 0 Å². The van der Waals surface area contributed by atoms with Crippen LogP contribution in [-0.2, 0) is 6.54 Å². The number of nitrogens with two attached hydrogens (primary N) is 1. The third kappa shape index (κ3) is 2.73. The van der Waals surface area contributed by atoms with E-state index in [-0.39, 0.29) is 12.6 Å². The van der Waals surface area contributed by atoms with Gasteiger partial charge in [0, 0.05) is 18.8 Å². The lowest BCUT2D eigenvalue weighted by Gasteiger charge is -2.34. The summed E-state index contributed by atoms with van der Waals surface area (Å²) < 4.78 is 0. The molecular weight excluding hydrogens is 216 g/mol. The first kappa shape index (κ1) is 12.3. The lowest BCUT2D eigenvalue weighted by atomic mass is 10.0. The molecule has 2 heterocycles. The van der Waals surface area contributed by atoms with Crippen LogP contribution in [0.3, 0.4) is 0 Å². The van der Waals surface area contributed by atoms with E-state index >= 15 is 0 Å². The van der Waals surface area contributed by atoms with Gasteiger partial charge in [-0.15, -0.1) is 0 Å². The van der Waals surface area contributed by atoms with Gasteiger partial charge >= 0.3 is 0 Å². The van der Waals surface area contributed by atoms with Crippen molar-refractivity contribution >= 4 is 5.95 Å². The van der Waals surface area contributed by atoms with Crippen LogP contribution >= 0.6 is 0 Å². The van der Waals surface area contributed by atoms with Gasteiger partial charge in [-0.3, -0.25) is 0 Å². The maximum atomic E-state index is 9.40. The molecule has 0 amide bonds. The topological polar surface area (TPSA) is 75.3 Å². The molecule has 0 saturated carbocycles. The standard InChI is InChI=1S/C12H20N4O/c1-9-6-10(7-13)15-12(14-9)16-5-3-2-4-11(16)8-17/h6,11,17H,2-5,7-8,13H2,1H3. The fourth-order valence-corrected chi connectivity index (χ4v) is 2.30. The maximum absolute atomic E-state index is 9.40. The number of hydrogen-bond acceptors (Lipinski definition) is 5. The fraction of sp³-hybridized carbons (Fsp3) is 0.667. The Balaban J connectivity index is 2.27. The summed E-state index contributed by atoms with van der Waals surface area (Å²) in [6, 6.07) is 2.05. The minimum absolute atomic E-state index is 0.149. The van der Waals surface area contributed by atoms with Gasteiger partial charge in [0.05, 0.1) is 18.3 Å². The molecule has 3 N–H and O–H groups in total. The molecule has 1 atom stereocenters. The zero-order chi connectivity index (χ0) is 12.3. The van der Waals surface area contributed by atoms with Crippen molar-refractivity contribution in [2.45, 2.75) is 38.8 Å². The van der Waals surface area contributed by atoms with Crippen molar-refractivity contribution in [3.8, 4) is 0 Å². The molecule has 1 aliphatic rings. The number of hydrogen-bond donors (Lipinski definition) is 2. The highest BCUT2D eigenvalue weighted by atomic mass is 16.3. The van der Waals surface area contributed by atoms with E-state index in [1.807, 2.05) is 13.0 Å². The molecule has 0 aromatic carbocycles. The first-order valence-corrected chi connectivity index (χ1v) is 6.16. The summed E-state index contributed by atoms with van der Waals surface area (Å²) in [4.78, 5) is 11.0. The molecule has 1 unspecified atom stereocenters. The van der Waals surface area contributed by atoms with Crippen molar-refractivity contribution in [2.24, 2.45) is 5.73 Å². The van der Waals surface area contributed by atoms with Gasteiger partial charge in [-0.1, -0.05) is 0 Å². The number of anilines is 1. The number of nitrogens with zero attached hydrogens (tertiary/aromatic N) is 3. The lowest BCUT2D eigenvalue weighted by molar-refractivity contribution is 0.238. The molecule has 1 fully saturated rings. The molecule has 0 spiro atoms. The Morgan fingerprint density at radius 1 is 1.47 bits per heavy atom. The molecule has 0 bridgehead atoms. The molecular formula is C12H20N4O. The predicted molar refractivity (Wildman–Crippen MR) is 66.7 cm³/mol. The Labute approximate surface area is 102 Å². The van der Waals surface area contributed by atoms with E-state index in [2.05, 4.69) is 14.9 Å². The Kier molecular flexibility index (Phi) is 3.91. The van der Waals surface area contributed by atoms with E-state index < -0.39 is 0 Å². The molecule has 0 radical (unpaired) electrons. The van der Waals surface area contributed by atoms with Gasteiger partial charge in [-0.25, -0.2) is 9.97 Å². The van der Waals surface area contributed by atoms with Gasteiger partial charge in [-0.2, -0.15) is 0 Å². The SMILES string of the molecule is Cc1cc(CN)nc(N2CCCCC2CO)n1. The van der Waals surface area contributed by atoms with Crippen LogP contribution in [0.25, 0.3) is 0 Å². The predicted octanol–water partition coefficient (Wildman–Crippen LogP) is 0.595. The van der Waals surface area contributed by atoms with Gasteiger partial charge in [0.2, 0.25) is 5.95 Å². The number of aromatic nitrogens is 2. The Hall–Kier alpha value is -1.20. The van der Waals surface area contributed by atoms with Crippen LogP contribution < -0.4 is 10.6 Å². The Bertz CT molecular complexity index is 383. The summed E-state index contributed by atoms with van der Waals surface area (Å²) in [6.45, 7) is 3.45. The minimum atomic E-state index is 0.149. The van der Waals surface area contributed by atoms with Crippen LogP contribution in [0.2, 0.25) is 0 Å². The third-order valence-corrected chi connectivity index (χ3v) is 3.20. The first-order valence-electron chi connectivity index (χ1n) is 6.16. The largest absolute Gasteiger partial charge is 0.394 e. The van der Waals surface area contributed by atoms with Crippen LogP contribution in [-0.4, -0.2) is 34.3 Å². The second-order valence-electron chi connectivity index (χ2n) is 4.53. The van der Waals surface area contributed by atoms with Crippen molar-refractivity contribution in [1.29, 1.82) is 0 Å². The van der Waals surface area contributed by atoms with Crippen molar-refractivity contribution in [2.75, 3.05) is 18.1 Å². The normalized spacial score (nSPS) is 20.6. The molecule has 17 heavy (non-hydrogen) atoms. The van der Waals surface area contributed by atoms with E-state index in [4.69, 9.17) is 5.73 Å². The van der Waals surface area contributed by atoms with Crippen molar-refractivity contribution in [1.82, 2.24) is 9.97 Å². The van der Waals surface area contributed by atoms with Gasteiger partial charge in [0.25, 0.3) is 0 Å². The average molecular weight is 236 g/mol. The van der Waals surface area contributed by atoms with E-state index in [9.17, 15) is 5.11 Å². The number of aliphatic hydroxyl groups excluding tert-OH is 1. The maximum Gasteiger partial charge on any atom is 0.226 e. The monoisotopic (exact) mass is 236 g/mol. The first-order chi connectivity index (χ1) is 8.24. The molecule has 1 aromatic heterocycles. The quantitative estimate of drug-likeness (QED) is 0.803. The van der Waals surface area contributed by atoms with E-state index in [1.165, 1.54) is 0 Å². The van der Waals surface area contributed by atoms with Crippen molar-refractivity contribution in [3.05, 3.63) is 17.5 Å². The van der Waals surface area contributed by atoms with Crippen LogP contribution in [0, 0.1) is 6.92 Å². The lowest BCUT2D eigenvalue weighted by Crippen LogP contribution is -2.43. The van der Waals surface area contributed by atoms with Crippen molar-refractivity contribution < 1.29 is 5.11 Å². The number of aliphatic hydroxyl groups is 1. The summed E-state index contributed by atoms with van der Waals surface area (Å²) in [7, 11) is 0. The molecule has 0 aliphatic carbocycles. The zero-order valence-corrected chi connectivity index (χ0v) is 10.3. The van der Waals surface area contributed by atoms with E-state index in [0.717, 1.165) is 37.2 Å². The molecule has 1 aliphatic heterocycles. The van der Waals surface area contributed by atoms with Gasteiger partial charge in [0.15, 0.2) is 0 Å². The summed E-state index contributed by atoms with van der Waals surface area (Å²) in [5.41, 5.74) is 7.41. The van der Waals surface area contributed by atoms with Gasteiger partial charge in [-0.05, 0) is 32.3 Å². The zero-order valence-electron chi connectivity index (χ0n) is 10.3. The summed E-state index contributed by atoms with van der Waals surface area (Å²) in [6.07, 6.45) is 3.30. The smallest absolute Gasteiger partial charge is 0.226 e. The molecule has 5 heteroatoms. The van der Waals surface area contributed by atoms with Gasteiger partial charge < -0.3 is 15.7 Å². The molecule has 94 valence electrons. The van der Waals surface area contributed by atoms with Crippen LogP contribution in [0.4, 0.5) is 5.95 Å². The average Bonchev–Trinajstić information content (AvgIpc) is 2.37. The highest BCUT2D eigenvalue weighted by Crippen LogP contribution is 2.22. The van der Waals surface area contributed by atoms with Crippen LogP contribution in [0.15, 0.2) is 6.07 Å². The molecule has 1 aromatic rings. The number of piperidine rings is 1. The second kappa shape index (κ2) is 5.42. The molecule has 5 nitrogen and oxygen atoms in total. The van der Waals surface area contributed by atoms with Gasteiger partial charge in [0.1, 0.15) is 0 Å². The minimum Gasteiger partial charge on any atom is -0.394 e. The third-order valence-electron chi connectivity index (χ3n) is 3.20. The summed E-state index contributed by atoms with van der Waals surface area (Å²) >= 11 is 0. The molecule has 2 rings (SSSR count). The highest BCUT2D eigenvalue weighted by Gasteiger charge is 2.24. The Morgan fingerprint density at radius 3 is 3.00 bits per heavy atom. The summed E-state index contributed by atoms with van der Waals surface area (Å²) in [5, 5.41) is 9.40. The fourth-order valence-electron chi connectivity index (χ4n) is 2.30. The highest BCUT2D eigenvalue weighted by molar-refractivity contribution is 5.34. The van der Waals surface area contributed by atoms with E-state index in [1.54, 1.807) is 0 Å². The van der Waals surface area contributed by atoms with Crippen molar-refractivity contribution in [3.63, 3.8) is 0 Å². The van der Waals surface area contributed by atoms with Crippen LogP contribution in [0.1, 0.15) is 30.7 Å². The number of aryl methyl sites for hydroxylation is 1.